The van der Waals surface area contributed by atoms with Gasteiger partial charge in [0.05, 0.1) is 5.52 Å². The third-order valence-electron chi connectivity index (χ3n) is 4.28. The second kappa shape index (κ2) is 5.51. The van der Waals surface area contributed by atoms with Gasteiger partial charge in [-0.15, -0.1) is 0 Å². The van der Waals surface area contributed by atoms with Crippen molar-refractivity contribution in [3.05, 3.63) is 42.1 Å². The van der Waals surface area contributed by atoms with Crippen molar-refractivity contribution in [2.45, 2.75) is 44.9 Å². The first-order valence-corrected chi connectivity index (χ1v) is 7.26. The van der Waals surface area contributed by atoms with E-state index in [-0.39, 0.29) is 0 Å². The molecule has 2 aromatic rings. The van der Waals surface area contributed by atoms with E-state index in [0.717, 1.165) is 11.4 Å². The first kappa shape index (κ1) is 11.7. The Morgan fingerprint density at radius 1 is 1.00 bits per heavy atom. The maximum atomic E-state index is 4.44. The SMILES string of the molecule is c1cc(CCC2CCCCC2)c2cccnc2c1. The van der Waals surface area contributed by atoms with E-state index in [1.54, 1.807) is 0 Å². The highest BCUT2D eigenvalue weighted by atomic mass is 14.6. The second-order valence-electron chi connectivity index (χ2n) is 5.53. The van der Waals surface area contributed by atoms with Gasteiger partial charge in [0.1, 0.15) is 0 Å². The van der Waals surface area contributed by atoms with E-state index in [0.29, 0.717) is 0 Å². The summed E-state index contributed by atoms with van der Waals surface area (Å²) in [6.07, 6.45) is 11.7. The molecule has 1 saturated carbocycles. The number of hydrogen-bond acceptors (Lipinski definition) is 1. The summed E-state index contributed by atoms with van der Waals surface area (Å²) in [6.45, 7) is 0. The van der Waals surface area contributed by atoms with Crippen molar-refractivity contribution < 1.29 is 0 Å². The van der Waals surface area contributed by atoms with Crippen molar-refractivity contribution in [1.82, 2.24) is 4.98 Å². The highest BCUT2D eigenvalue weighted by molar-refractivity contribution is 5.81. The van der Waals surface area contributed by atoms with E-state index < -0.39 is 0 Å². The van der Waals surface area contributed by atoms with Gasteiger partial charge in [0.25, 0.3) is 0 Å². The van der Waals surface area contributed by atoms with Crippen molar-refractivity contribution in [3.8, 4) is 0 Å². The van der Waals surface area contributed by atoms with Crippen LogP contribution >= 0.6 is 0 Å². The van der Waals surface area contributed by atoms with Crippen LogP contribution < -0.4 is 0 Å². The van der Waals surface area contributed by atoms with Crippen LogP contribution in [-0.4, -0.2) is 4.98 Å². The zero-order valence-electron chi connectivity index (χ0n) is 10.9. The minimum atomic E-state index is 0.964. The number of rotatable bonds is 3. The molecule has 0 saturated heterocycles. The quantitative estimate of drug-likeness (QED) is 0.753. The van der Waals surface area contributed by atoms with E-state index in [2.05, 4.69) is 29.2 Å². The van der Waals surface area contributed by atoms with Gasteiger partial charge in [-0.25, -0.2) is 0 Å². The lowest BCUT2D eigenvalue weighted by molar-refractivity contribution is 0.339. The first-order valence-electron chi connectivity index (χ1n) is 7.26. The van der Waals surface area contributed by atoms with Gasteiger partial charge in [0.15, 0.2) is 0 Å². The Morgan fingerprint density at radius 2 is 1.89 bits per heavy atom. The molecule has 0 unspecified atom stereocenters. The first-order chi connectivity index (χ1) is 8.93. The lowest BCUT2D eigenvalue weighted by atomic mass is 9.85. The fourth-order valence-electron chi connectivity index (χ4n) is 3.22. The van der Waals surface area contributed by atoms with Crippen molar-refractivity contribution in [3.63, 3.8) is 0 Å². The summed E-state index contributed by atoms with van der Waals surface area (Å²) < 4.78 is 0. The molecule has 0 radical (unpaired) electrons. The molecule has 0 bridgehead atoms. The number of hydrogen-bond donors (Lipinski definition) is 0. The Hall–Kier alpha value is -1.37. The van der Waals surface area contributed by atoms with Gasteiger partial charge in [-0.2, -0.15) is 0 Å². The number of pyridine rings is 1. The Kier molecular flexibility index (Phi) is 3.59. The van der Waals surface area contributed by atoms with Gasteiger partial charge in [-0.1, -0.05) is 50.3 Å². The summed E-state index contributed by atoms with van der Waals surface area (Å²) in [5, 5.41) is 1.34. The number of benzene rings is 1. The minimum absolute atomic E-state index is 0.964. The number of aromatic nitrogens is 1. The fourth-order valence-corrected chi connectivity index (χ4v) is 3.22. The molecular formula is C17H21N. The van der Waals surface area contributed by atoms with Crippen LogP contribution in [0.3, 0.4) is 0 Å². The Balaban J connectivity index is 1.74. The Morgan fingerprint density at radius 3 is 2.78 bits per heavy atom. The van der Waals surface area contributed by atoms with E-state index >= 15 is 0 Å². The monoisotopic (exact) mass is 239 g/mol. The molecule has 1 nitrogen and oxygen atoms in total. The third-order valence-corrected chi connectivity index (χ3v) is 4.28. The van der Waals surface area contributed by atoms with Crippen LogP contribution in [0.4, 0.5) is 0 Å². The Bertz CT molecular complexity index is 507. The van der Waals surface area contributed by atoms with E-state index in [1.807, 2.05) is 12.3 Å². The largest absolute Gasteiger partial charge is 0.256 e. The predicted molar refractivity (Wildman–Crippen MR) is 76.6 cm³/mol. The molecule has 1 heterocycles. The molecule has 0 amide bonds. The minimum Gasteiger partial charge on any atom is -0.256 e. The molecule has 1 aromatic heterocycles. The summed E-state index contributed by atoms with van der Waals surface area (Å²) in [6, 6.07) is 10.8. The smallest absolute Gasteiger partial charge is 0.0704 e. The van der Waals surface area contributed by atoms with Crippen LogP contribution in [0.5, 0.6) is 0 Å². The van der Waals surface area contributed by atoms with Crippen LogP contribution in [0.1, 0.15) is 44.1 Å². The molecule has 0 spiro atoms. The van der Waals surface area contributed by atoms with Gasteiger partial charge < -0.3 is 0 Å². The molecule has 1 aliphatic rings. The van der Waals surface area contributed by atoms with Crippen LogP contribution in [0, 0.1) is 5.92 Å². The molecule has 1 fully saturated rings. The van der Waals surface area contributed by atoms with Crippen molar-refractivity contribution in [1.29, 1.82) is 0 Å². The average Bonchev–Trinajstić information content (AvgIpc) is 2.46. The van der Waals surface area contributed by atoms with Gasteiger partial charge >= 0.3 is 0 Å². The van der Waals surface area contributed by atoms with Crippen molar-refractivity contribution in [2.75, 3.05) is 0 Å². The van der Waals surface area contributed by atoms with Crippen LogP contribution in [0.25, 0.3) is 10.9 Å². The lowest BCUT2D eigenvalue weighted by Crippen LogP contribution is -2.07. The molecule has 1 heteroatoms. The molecule has 94 valence electrons. The molecule has 18 heavy (non-hydrogen) atoms. The molecule has 3 rings (SSSR count). The zero-order valence-corrected chi connectivity index (χ0v) is 10.9. The molecule has 0 atom stereocenters. The molecule has 1 aromatic carbocycles. The van der Waals surface area contributed by atoms with E-state index in [9.17, 15) is 0 Å². The molecular weight excluding hydrogens is 218 g/mol. The summed E-state index contributed by atoms with van der Waals surface area (Å²) in [7, 11) is 0. The van der Waals surface area contributed by atoms with Gasteiger partial charge in [-0.3, -0.25) is 4.98 Å². The van der Waals surface area contributed by atoms with E-state index in [1.165, 1.54) is 55.9 Å². The molecule has 0 N–H and O–H groups in total. The topological polar surface area (TPSA) is 12.9 Å². The van der Waals surface area contributed by atoms with Crippen LogP contribution in [0.2, 0.25) is 0 Å². The standard InChI is InChI=1S/C17H21N/c1-2-6-14(7-3-1)11-12-15-8-4-10-17-16(15)9-5-13-18-17/h4-5,8-10,13-14H,1-3,6-7,11-12H2. The van der Waals surface area contributed by atoms with Gasteiger partial charge in [-0.05, 0) is 36.5 Å². The van der Waals surface area contributed by atoms with E-state index in [4.69, 9.17) is 0 Å². The lowest BCUT2D eigenvalue weighted by Gasteiger charge is -2.21. The highest BCUT2D eigenvalue weighted by Crippen LogP contribution is 2.28. The summed E-state index contributed by atoms with van der Waals surface area (Å²) in [5.74, 6) is 0.964. The average molecular weight is 239 g/mol. The highest BCUT2D eigenvalue weighted by Gasteiger charge is 2.13. The van der Waals surface area contributed by atoms with Crippen LogP contribution in [-0.2, 0) is 6.42 Å². The molecule has 1 aliphatic carbocycles. The van der Waals surface area contributed by atoms with Crippen molar-refractivity contribution >= 4 is 10.9 Å². The Labute approximate surface area is 109 Å². The fraction of sp³-hybridized carbons (Fsp3) is 0.471. The summed E-state index contributed by atoms with van der Waals surface area (Å²) in [5.41, 5.74) is 2.62. The third kappa shape index (κ3) is 2.55. The predicted octanol–water partition coefficient (Wildman–Crippen LogP) is 4.75. The van der Waals surface area contributed by atoms with Crippen molar-refractivity contribution in [2.24, 2.45) is 5.92 Å². The molecule has 0 aliphatic heterocycles. The number of aryl methyl sites for hydroxylation is 1. The van der Waals surface area contributed by atoms with Crippen LogP contribution in [0.15, 0.2) is 36.5 Å². The van der Waals surface area contributed by atoms with Gasteiger partial charge in [0.2, 0.25) is 0 Å². The zero-order chi connectivity index (χ0) is 12.2. The normalized spacial score (nSPS) is 17.1. The maximum Gasteiger partial charge on any atom is 0.0704 e. The second-order valence-corrected chi connectivity index (χ2v) is 5.53. The summed E-state index contributed by atoms with van der Waals surface area (Å²) in [4.78, 5) is 4.44. The van der Waals surface area contributed by atoms with Gasteiger partial charge in [0, 0.05) is 11.6 Å². The number of fused-ring (bicyclic) bond motifs is 1. The number of nitrogens with zero attached hydrogens (tertiary/aromatic N) is 1. The summed E-state index contributed by atoms with van der Waals surface area (Å²) >= 11 is 0. The maximum absolute atomic E-state index is 4.44.